The third-order valence-electron chi connectivity index (χ3n) is 4.42. The van der Waals surface area contributed by atoms with Gasteiger partial charge in [-0.25, -0.2) is 9.59 Å². The van der Waals surface area contributed by atoms with E-state index in [1.165, 1.54) is 0 Å². The molecule has 2 N–H and O–H groups in total. The summed E-state index contributed by atoms with van der Waals surface area (Å²) in [5.74, 6) is 0. The van der Waals surface area contributed by atoms with Crippen molar-refractivity contribution in [2.75, 3.05) is 59.5 Å². The number of rotatable bonds is 22. The number of alkyl carbamates (subject to hydrolysis) is 2. The minimum atomic E-state index is -2.74. The first kappa shape index (κ1) is 33.7. The summed E-state index contributed by atoms with van der Waals surface area (Å²) in [6.45, 7) is 14.5. The maximum Gasteiger partial charge on any atom is 0.500 e. The average Bonchev–Trinajstić information content (AvgIpc) is 2.81. The van der Waals surface area contributed by atoms with Crippen LogP contribution in [0.2, 0.25) is 12.1 Å². The molecule has 208 valence electrons. The molecule has 0 fully saturated rings. The fourth-order valence-electron chi connectivity index (χ4n) is 3.23. The molecule has 0 saturated carbocycles. The van der Waals surface area contributed by atoms with Gasteiger partial charge in [0.2, 0.25) is 6.79 Å². The fourth-order valence-corrected chi connectivity index (χ4v) is 8.46. The molecular weight excluding hydrogens is 496 g/mol. The molecule has 0 radical (unpaired) electrons. The van der Waals surface area contributed by atoms with Crippen molar-refractivity contribution in [1.82, 2.24) is 10.6 Å². The van der Waals surface area contributed by atoms with Crippen LogP contribution in [0.25, 0.3) is 0 Å². The Morgan fingerprint density at radius 2 is 0.829 bits per heavy atom. The number of hydrogen-bond donors (Lipinski definition) is 2. The molecule has 35 heavy (non-hydrogen) atoms. The van der Waals surface area contributed by atoms with E-state index in [0.29, 0.717) is 77.7 Å². The molecule has 0 bridgehead atoms. The summed E-state index contributed by atoms with van der Waals surface area (Å²) in [7, 11) is -5.48. The topological polar surface area (TPSA) is 132 Å². The van der Waals surface area contributed by atoms with E-state index in [-0.39, 0.29) is 0 Å². The van der Waals surface area contributed by atoms with Gasteiger partial charge in [-0.2, -0.15) is 0 Å². The van der Waals surface area contributed by atoms with E-state index >= 15 is 0 Å². The number of ether oxygens (including phenoxy) is 2. The predicted octanol–water partition coefficient (Wildman–Crippen LogP) is 3.27. The van der Waals surface area contributed by atoms with E-state index in [9.17, 15) is 9.59 Å². The quantitative estimate of drug-likeness (QED) is 0.119. The van der Waals surface area contributed by atoms with Gasteiger partial charge in [0.15, 0.2) is 0 Å². The van der Waals surface area contributed by atoms with Crippen LogP contribution in [0, 0.1) is 0 Å². The lowest BCUT2D eigenvalue weighted by Gasteiger charge is -2.28. The Labute approximate surface area is 212 Å². The highest BCUT2D eigenvalue weighted by Crippen LogP contribution is 2.18. The summed E-state index contributed by atoms with van der Waals surface area (Å²) >= 11 is 0. The first-order chi connectivity index (χ1) is 16.9. The average molecular weight is 543 g/mol. The summed E-state index contributed by atoms with van der Waals surface area (Å²) < 4.78 is 44.4. The van der Waals surface area contributed by atoms with Crippen LogP contribution in [0.5, 0.6) is 0 Å². The first-order valence-corrected chi connectivity index (χ1v) is 16.4. The van der Waals surface area contributed by atoms with Gasteiger partial charge in [-0.15, -0.1) is 0 Å². The van der Waals surface area contributed by atoms with E-state index < -0.39 is 36.6 Å². The molecule has 0 aromatic heterocycles. The smallest absolute Gasteiger partial charge is 0.412 e. The van der Waals surface area contributed by atoms with Gasteiger partial charge >= 0.3 is 29.8 Å². The monoisotopic (exact) mass is 542 g/mol. The zero-order valence-electron chi connectivity index (χ0n) is 22.3. The van der Waals surface area contributed by atoms with Crippen LogP contribution >= 0.6 is 0 Å². The zero-order valence-corrected chi connectivity index (χ0v) is 24.3. The Hall–Kier alpha value is -1.27. The van der Waals surface area contributed by atoms with Gasteiger partial charge in [-0.05, 0) is 54.4 Å². The minimum absolute atomic E-state index is 0.345. The van der Waals surface area contributed by atoms with Gasteiger partial charge in [0.25, 0.3) is 0 Å². The third-order valence-corrected chi connectivity index (χ3v) is 10.7. The summed E-state index contributed by atoms with van der Waals surface area (Å²) in [5.41, 5.74) is 0. The van der Waals surface area contributed by atoms with Gasteiger partial charge in [-0.3, -0.25) is 0 Å². The number of carbonyl (C=O) groups excluding carboxylic acids is 2. The largest absolute Gasteiger partial charge is 0.500 e. The van der Waals surface area contributed by atoms with Crippen LogP contribution < -0.4 is 10.6 Å². The van der Waals surface area contributed by atoms with Crippen molar-refractivity contribution in [2.45, 2.75) is 66.5 Å². The van der Waals surface area contributed by atoms with E-state index in [4.69, 9.17) is 36.0 Å². The lowest BCUT2D eigenvalue weighted by Crippen LogP contribution is -2.46. The molecule has 0 saturated heterocycles. The molecule has 0 aromatic carbocycles. The summed E-state index contributed by atoms with van der Waals surface area (Å²) in [6, 6.07) is 1.14. The Kier molecular flexibility index (Phi) is 20.1. The van der Waals surface area contributed by atoms with Crippen molar-refractivity contribution in [3.63, 3.8) is 0 Å². The Balaban J connectivity index is 4.14. The van der Waals surface area contributed by atoms with Gasteiger partial charge in [0.1, 0.15) is 0 Å². The van der Waals surface area contributed by atoms with Crippen LogP contribution in [0.3, 0.4) is 0 Å². The molecule has 0 aromatic rings. The van der Waals surface area contributed by atoms with Crippen molar-refractivity contribution in [3.05, 3.63) is 0 Å². The normalized spacial score (nSPS) is 11.8. The number of carbonyl (C=O) groups is 2. The van der Waals surface area contributed by atoms with Gasteiger partial charge in [0.05, 0.1) is 0 Å². The maximum absolute atomic E-state index is 11.8. The minimum Gasteiger partial charge on any atom is -0.412 e. The van der Waals surface area contributed by atoms with Crippen molar-refractivity contribution in [1.29, 1.82) is 0 Å². The van der Waals surface area contributed by atoms with Gasteiger partial charge in [0, 0.05) is 64.8 Å². The molecule has 2 amide bonds. The molecule has 0 aliphatic heterocycles. The second kappa shape index (κ2) is 20.9. The summed E-state index contributed by atoms with van der Waals surface area (Å²) in [6.07, 6.45) is -0.178. The molecule has 0 unspecified atom stereocenters. The lowest BCUT2D eigenvalue weighted by atomic mass is 10.5. The second-order valence-electron chi connectivity index (χ2n) is 7.01. The molecule has 0 rings (SSSR count). The maximum atomic E-state index is 11.8. The van der Waals surface area contributed by atoms with Gasteiger partial charge < -0.3 is 46.7 Å². The van der Waals surface area contributed by atoms with Crippen LogP contribution in [0.4, 0.5) is 9.59 Å². The van der Waals surface area contributed by atoms with Crippen LogP contribution in [-0.2, 0) is 36.0 Å². The highest BCUT2D eigenvalue weighted by molar-refractivity contribution is 6.61. The van der Waals surface area contributed by atoms with Gasteiger partial charge in [-0.1, -0.05) is 0 Å². The van der Waals surface area contributed by atoms with Crippen molar-refractivity contribution in [3.8, 4) is 0 Å². The number of hydrogen-bond acceptors (Lipinski definition) is 10. The van der Waals surface area contributed by atoms with Crippen molar-refractivity contribution in [2.24, 2.45) is 0 Å². The van der Waals surface area contributed by atoms with Crippen LogP contribution in [-0.4, -0.2) is 89.3 Å². The zero-order chi connectivity index (χ0) is 26.4. The molecule has 0 aliphatic carbocycles. The van der Waals surface area contributed by atoms with E-state index in [1.54, 1.807) is 0 Å². The van der Waals surface area contributed by atoms with Crippen LogP contribution in [0.15, 0.2) is 0 Å². The number of nitrogens with one attached hydrogen (secondary N) is 2. The van der Waals surface area contributed by atoms with E-state index in [0.717, 1.165) is 0 Å². The lowest BCUT2D eigenvalue weighted by molar-refractivity contribution is 0.0240. The van der Waals surface area contributed by atoms with Crippen LogP contribution in [0.1, 0.15) is 54.4 Å². The Morgan fingerprint density at radius 3 is 1.09 bits per heavy atom. The molecule has 0 aliphatic rings. The molecule has 0 heterocycles. The van der Waals surface area contributed by atoms with Crippen molar-refractivity contribution < 1.29 is 45.6 Å². The second-order valence-corrected chi connectivity index (χ2v) is 12.5. The molecule has 0 atom stereocenters. The third kappa shape index (κ3) is 15.5. The summed E-state index contributed by atoms with van der Waals surface area (Å²) in [4.78, 5) is 23.6. The molecule has 14 heteroatoms. The Bertz CT molecular complexity index is 480. The SMILES string of the molecule is CCO[Si](CCCNC(=O)OCOC(=O)NCCC[Si](OCC)(OCC)OCC)(OCC)OCC. The van der Waals surface area contributed by atoms with E-state index in [1.807, 2.05) is 41.5 Å². The fraction of sp³-hybridized carbons (Fsp3) is 0.905. The molecule has 12 nitrogen and oxygen atoms in total. The standard InChI is InChI=1S/C21H46N2O10Si2/c1-7-28-34(29-8-2,30-9-3)17-13-15-22-20(24)26-19-27-21(25)23-16-14-18-35(31-10-4,32-11-5)33-12-6/h7-19H2,1-6H3,(H,22,24)(H,23,25). The Morgan fingerprint density at radius 1 is 0.543 bits per heavy atom. The van der Waals surface area contributed by atoms with E-state index in [2.05, 4.69) is 10.6 Å². The summed E-state index contributed by atoms with van der Waals surface area (Å²) in [5, 5.41) is 5.21. The number of amides is 2. The first-order valence-electron chi connectivity index (χ1n) is 12.5. The molecule has 0 spiro atoms. The van der Waals surface area contributed by atoms with Crippen molar-refractivity contribution >= 4 is 29.8 Å². The molecular formula is C21H46N2O10Si2. The highest BCUT2D eigenvalue weighted by atomic mass is 28.4. The highest BCUT2D eigenvalue weighted by Gasteiger charge is 2.40. The predicted molar refractivity (Wildman–Crippen MR) is 134 cm³/mol.